The summed E-state index contributed by atoms with van der Waals surface area (Å²) in [5, 5.41) is -10.9. The summed E-state index contributed by atoms with van der Waals surface area (Å²) in [6.45, 7) is 0. The zero-order chi connectivity index (χ0) is 20.0. The lowest BCUT2D eigenvalue weighted by molar-refractivity contribution is -0.0289. The summed E-state index contributed by atoms with van der Waals surface area (Å²) < 4.78 is 128. The van der Waals surface area contributed by atoms with Gasteiger partial charge in [0.1, 0.15) is 0 Å². The van der Waals surface area contributed by atoms with E-state index in [1.807, 2.05) is 0 Å². The molecule has 14 heteroatoms. The molecule has 0 fully saturated rings. The van der Waals surface area contributed by atoms with Gasteiger partial charge in [-0.15, -0.1) is 0 Å². The van der Waals surface area contributed by atoms with Crippen LogP contribution in [-0.4, -0.2) is 16.8 Å². The lowest BCUT2D eigenvalue weighted by Gasteiger charge is -2.18. The highest BCUT2D eigenvalue weighted by atomic mass is 32.2. The third-order valence-electron chi connectivity index (χ3n) is 3.32. The number of rotatable bonds is 6. The molecule has 0 aliphatic rings. The molecule has 2 rings (SSSR count). The highest BCUT2D eigenvalue weighted by Gasteiger charge is 2.51. The largest absolute Gasteiger partial charge is 0.398 e. The van der Waals surface area contributed by atoms with E-state index in [9.17, 15) is 43.4 Å². The van der Waals surface area contributed by atoms with Gasteiger partial charge in [0.2, 0.25) is 0 Å². The van der Waals surface area contributed by atoms with Crippen molar-refractivity contribution in [1.82, 2.24) is 0 Å². The molecule has 0 spiro atoms. The molecule has 0 aliphatic carbocycles. The monoisotopic (exact) mass is 424 g/mol. The molecule has 0 heterocycles. The fourth-order valence-electron chi connectivity index (χ4n) is 2.08. The Balaban J connectivity index is 2.73. The van der Waals surface area contributed by atoms with Crippen LogP contribution in [0.5, 0.6) is 0 Å². The summed E-state index contributed by atoms with van der Waals surface area (Å²) in [6, 6.07) is 3.61. The van der Waals surface area contributed by atoms with Crippen molar-refractivity contribution in [1.29, 1.82) is 0 Å². The maximum absolute atomic E-state index is 14.0. The van der Waals surface area contributed by atoms with Crippen LogP contribution in [0.4, 0.5) is 26.6 Å². The first kappa shape index (κ1) is 20.4. The fourth-order valence-corrected chi connectivity index (χ4v) is 3.10. The van der Waals surface area contributed by atoms with Crippen LogP contribution in [0.2, 0.25) is 0 Å². The van der Waals surface area contributed by atoms with E-state index >= 15 is 0 Å². The highest BCUT2D eigenvalue weighted by Crippen LogP contribution is 2.41. The van der Waals surface area contributed by atoms with Gasteiger partial charge in [0, 0.05) is 11.1 Å². The molecule has 0 amide bonds. The van der Waals surface area contributed by atoms with E-state index in [-0.39, 0.29) is 0 Å². The van der Waals surface area contributed by atoms with Crippen molar-refractivity contribution in [3.05, 3.63) is 47.5 Å². The van der Waals surface area contributed by atoms with Crippen LogP contribution >= 0.6 is 0 Å². The van der Waals surface area contributed by atoms with Crippen molar-refractivity contribution in [3.63, 3.8) is 0 Å². The summed E-state index contributed by atoms with van der Waals surface area (Å²) >= 11 is 0. The maximum atomic E-state index is 14.0. The van der Waals surface area contributed by atoms with Crippen molar-refractivity contribution < 1.29 is 52.2 Å². The minimum atomic E-state index is -6.02. The molecule has 0 N–H and O–H groups in total. The van der Waals surface area contributed by atoms with Gasteiger partial charge in [-0.2, -0.15) is 34.4 Å². The first-order valence-corrected chi connectivity index (χ1v) is 9.02. The normalized spacial score (nSPS) is 13.9. The van der Waals surface area contributed by atoms with Crippen LogP contribution in [0.15, 0.2) is 36.4 Å². The highest BCUT2D eigenvalue weighted by molar-refractivity contribution is 7.87. The smallest absolute Gasteiger partial charge is 0.190 e. The van der Waals surface area contributed by atoms with E-state index in [1.54, 1.807) is 0 Å². The fraction of sp³-hybridized carbons (Fsp3) is 0.167. The Morgan fingerprint density at radius 1 is 0.769 bits per heavy atom. The minimum absolute atomic E-state index is 0.335. The summed E-state index contributed by atoms with van der Waals surface area (Å²) in [5.41, 5.74) is -2.65. The van der Waals surface area contributed by atoms with E-state index in [0.29, 0.717) is 24.3 Å². The van der Waals surface area contributed by atoms with Gasteiger partial charge >= 0.3 is 30.7 Å². The Hall–Kier alpha value is -1.90. The Labute approximate surface area is 142 Å². The SMILES string of the molecule is O=S(=O)(OF)C(F)(F)c1ccc2c(C(F)(F)S(=O)(=O)OF)cccc2c1. The quantitative estimate of drug-likeness (QED) is 0.661. The van der Waals surface area contributed by atoms with E-state index < -0.39 is 52.6 Å². The van der Waals surface area contributed by atoms with Crippen LogP contribution in [0.1, 0.15) is 11.1 Å². The van der Waals surface area contributed by atoms with Gasteiger partial charge in [0.05, 0.1) is 0 Å². The second-order valence-electron chi connectivity index (χ2n) is 4.81. The van der Waals surface area contributed by atoms with Gasteiger partial charge < -0.3 is 0 Å². The molecule has 0 unspecified atom stereocenters. The van der Waals surface area contributed by atoms with Crippen molar-refractivity contribution in [2.45, 2.75) is 10.5 Å². The number of hydrogen-bond acceptors (Lipinski definition) is 6. The van der Waals surface area contributed by atoms with E-state index in [0.717, 1.165) is 12.1 Å². The predicted octanol–water partition coefficient (Wildman–Crippen LogP) is 3.40. The first-order chi connectivity index (χ1) is 11.8. The molecule has 26 heavy (non-hydrogen) atoms. The third-order valence-corrected chi connectivity index (χ3v) is 5.37. The van der Waals surface area contributed by atoms with Crippen LogP contribution in [0, 0.1) is 0 Å². The molecule has 144 valence electrons. The van der Waals surface area contributed by atoms with Gasteiger partial charge in [-0.25, -0.2) is 0 Å². The second-order valence-corrected chi connectivity index (χ2v) is 7.90. The van der Waals surface area contributed by atoms with E-state index in [1.165, 1.54) is 0 Å². The van der Waals surface area contributed by atoms with Crippen molar-refractivity contribution in [2.75, 3.05) is 0 Å². The van der Waals surface area contributed by atoms with Crippen LogP contribution in [-0.2, 0) is 39.5 Å². The number of fused-ring (bicyclic) bond motifs is 1. The van der Waals surface area contributed by atoms with E-state index in [4.69, 9.17) is 0 Å². The molecule has 6 nitrogen and oxygen atoms in total. The molecule has 0 atom stereocenters. The molecule has 0 radical (unpaired) electrons. The van der Waals surface area contributed by atoms with Crippen LogP contribution in [0.3, 0.4) is 0 Å². The Morgan fingerprint density at radius 3 is 1.85 bits per heavy atom. The molecule has 0 aliphatic heterocycles. The molecule has 2 aromatic carbocycles. The number of halogens is 6. The van der Waals surface area contributed by atoms with Gasteiger partial charge in [0.25, 0.3) is 0 Å². The summed E-state index contributed by atoms with van der Waals surface area (Å²) in [4.78, 5) is 0. The number of hydrogen-bond donors (Lipinski definition) is 0. The first-order valence-electron chi connectivity index (χ1n) is 6.20. The van der Waals surface area contributed by atoms with E-state index in [2.05, 4.69) is 8.78 Å². The van der Waals surface area contributed by atoms with Gasteiger partial charge in [0.15, 0.2) is 0 Å². The Kier molecular flexibility index (Phi) is 5.00. The van der Waals surface area contributed by atoms with Crippen LogP contribution < -0.4 is 0 Å². The Morgan fingerprint density at radius 2 is 1.31 bits per heavy atom. The van der Waals surface area contributed by atoms with Gasteiger partial charge in [-0.05, 0) is 25.9 Å². The molecule has 0 aromatic heterocycles. The molecule has 2 aromatic rings. The second kappa shape index (κ2) is 6.37. The van der Waals surface area contributed by atoms with Crippen LogP contribution in [0.25, 0.3) is 10.8 Å². The standard InChI is InChI=1S/C12H6F6O6S2/c13-11(14,25(19,20)23-17)8-4-5-9-7(6-8)2-1-3-10(9)12(15,16)26(21,22)24-18/h1-6H. The lowest BCUT2D eigenvalue weighted by atomic mass is 10.0. The predicted molar refractivity (Wildman–Crippen MR) is 74.0 cm³/mol. The summed E-state index contributed by atoms with van der Waals surface area (Å²) in [6.07, 6.45) is 0. The van der Waals surface area contributed by atoms with Crippen molar-refractivity contribution in [2.24, 2.45) is 0 Å². The van der Waals surface area contributed by atoms with Crippen molar-refractivity contribution in [3.8, 4) is 0 Å². The Bertz CT molecular complexity index is 1050. The average Bonchev–Trinajstić information content (AvgIpc) is 2.60. The molecular formula is C12H6F6O6S2. The van der Waals surface area contributed by atoms with Crippen molar-refractivity contribution >= 4 is 31.0 Å². The third kappa shape index (κ3) is 3.02. The zero-order valence-electron chi connectivity index (χ0n) is 12.0. The minimum Gasteiger partial charge on any atom is -0.190 e. The maximum Gasteiger partial charge on any atom is 0.398 e. The zero-order valence-corrected chi connectivity index (χ0v) is 13.6. The number of benzene rings is 2. The lowest BCUT2D eigenvalue weighted by Crippen LogP contribution is -2.27. The molecular weight excluding hydrogens is 418 g/mol. The summed E-state index contributed by atoms with van der Waals surface area (Å²) in [5.74, 6) is 0. The van der Waals surface area contributed by atoms with Gasteiger partial charge in [-0.3, -0.25) is 0 Å². The molecule has 0 saturated heterocycles. The van der Waals surface area contributed by atoms with Gasteiger partial charge in [-0.1, -0.05) is 39.1 Å². The molecule has 0 saturated carbocycles. The molecule has 0 bridgehead atoms. The number of alkyl halides is 4. The topological polar surface area (TPSA) is 86.7 Å². The summed E-state index contributed by atoms with van der Waals surface area (Å²) in [7, 11) is -12.0. The average molecular weight is 424 g/mol.